The molecule has 2 fully saturated rings. The zero-order chi connectivity index (χ0) is 27.5. The van der Waals surface area contributed by atoms with E-state index in [2.05, 4.69) is 53.6 Å². The van der Waals surface area contributed by atoms with Gasteiger partial charge in [-0.2, -0.15) is 0 Å². The molecule has 6 rings (SSSR count). The van der Waals surface area contributed by atoms with Gasteiger partial charge in [0.05, 0.1) is 30.4 Å². The maximum absolute atomic E-state index is 13.7. The number of aliphatic imine (C=N–C) groups is 1. The molecule has 0 unspecified atom stereocenters. The van der Waals surface area contributed by atoms with Crippen molar-refractivity contribution < 1.29 is 9.53 Å². The van der Waals surface area contributed by atoms with Crippen molar-refractivity contribution in [2.75, 3.05) is 31.2 Å². The minimum absolute atomic E-state index is 0.0248. The summed E-state index contributed by atoms with van der Waals surface area (Å²) in [5.41, 5.74) is 7.48. The van der Waals surface area contributed by atoms with Crippen molar-refractivity contribution in [3.8, 4) is 5.69 Å². The highest BCUT2D eigenvalue weighted by Gasteiger charge is 2.34. The van der Waals surface area contributed by atoms with Crippen LogP contribution in [-0.4, -0.2) is 46.8 Å². The number of carbonyl (C=O) groups excluding carboxylic acids is 1. The molecular weight excluding hydrogens is 516 g/mol. The predicted molar refractivity (Wildman–Crippen MR) is 164 cm³/mol. The molecule has 1 amide bonds. The van der Waals surface area contributed by atoms with Crippen LogP contribution in [0.3, 0.4) is 0 Å². The van der Waals surface area contributed by atoms with E-state index in [-0.39, 0.29) is 5.91 Å². The van der Waals surface area contributed by atoms with E-state index in [0.29, 0.717) is 16.6 Å². The summed E-state index contributed by atoms with van der Waals surface area (Å²) < 4.78 is 7.75. The Morgan fingerprint density at radius 1 is 0.875 bits per heavy atom. The van der Waals surface area contributed by atoms with Crippen LogP contribution in [0, 0.1) is 13.8 Å². The maximum Gasteiger partial charge on any atom is 0.267 e. The highest BCUT2D eigenvalue weighted by Crippen LogP contribution is 2.36. The third kappa shape index (κ3) is 5.48. The molecule has 0 N–H and O–H groups in total. The molecular formula is C33H32N4O2S. The van der Waals surface area contributed by atoms with Gasteiger partial charge in [0.15, 0.2) is 5.17 Å². The number of hydrogen-bond acceptors (Lipinski definition) is 5. The Labute approximate surface area is 239 Å². The number of carbonyl (C=O) groups is 1. The molecule has 0 saturated carbocycles. The van der Waals surface area contributed by atoms with Gasteiger partial charge in [0.1, 0.15) is 0 Å². The highest BCUT2D eigenvalue weighted by atomic mass is 32.2. The SMILES string of the molecule is Cc1cc(/C=C2\SC(=Nc3ccccc3)N(Cc3ccccc3)C2=O)c(C)n1-c1ccc(N2CCOCC2)cc1. The summed E-state index contributed by atoms with van der Waals surface area (Å²) in [5.74, 6) is -0.0248. The number of thioether (sulfide) groups is 1. The highest BCUT2D eigenvalue weighted by molar-refractivity contribution is 8.18. The Morgan fingerprint density at radius 2 is 1.52 bits per heavy atom. The minimum atomic E-state index is -0.0248. The smallest absolute Gasteiger partial charge is 0.267 e. The van der Waals surface area contributed by atoms with Crippen molar-refractivity contribution in [3.05, 3.63) is 118 Å². The lowest BCUT2D eigenvalue weighted by atomic mass is 10.2. The fourth-order valence-corrected chi connectivity index (χ4v) is 6.20. The minimum Gasteiger partial charge on any atom is -0.378 e. The second-order valence-corrected chi connectivity index (χ2v) is 11.0. The van der Waals surface area contributed by atoms with Crippen molar-refractivity contribution in [1.29, 1.82) is 0 Å². The molecule has 0 atom stereocenters. The molecule has 2 aliphatic rings. The molecule has 40 heavy (non-hydrogen) atoms. The Morgan fingerprint density at radius 3 is 2.23 bits per heavy atom. The first-order chi connectivity index (χ1) is 19.6. The largest absolute Gasteiger partial charge is 0.378 e. The summed E-state index contributed by atoms with van der Waals surface area (Å²) in [7, 11) is 0. The van der Waals surface area contributed by atoms with Crippen molar-refractivity contribution >= 4 is 40.3 Å². The Hall–Kier alpha value is -4.07. The molecule has 1 aromatic heterocycles. The topological polar surface area (TPSA) is 50.1 Å². The van der Waals surface area contributed by atoms with Gasteiger partial charge in [-0.1, -0.05) is 48.5 Å². The molecule has 0 bridgehead atoms. The van der Waals surface area contributed by atoms with Crippen LogP contribution in [0.2, 0.25) is 0 Å². The average Bonchev–Trinajstić information content (AvgIpc) is 3.43. The number of aromatic nitrogens is 1. The van der Waals surface area contributed by atoms with Crippen LogP contribution in [0.1, 0.15) is 22.5 Å². The summed E-state index contributed by atoms with van der Waals surface area (Å²) >= 11 is 1.44. The number of anilines is 1. The van der Waals surface area contributed by atoms with Crippen LogP contribution in [-0.2, 0) is 16.1 Å². The Bertz CT molecular complexity index is 1550. The standard InChI is InChI=1S/C33H32N4O2S/c1-24-21-27(25(2)37(24)30-15-13-29(14-16-30)35-17-19-39-20-18-35)22-31-32(38)36(23-26-9-5-3-6-10-26)33(40-31)34-28-11-7-4-8-12-28/h3-16,21-22H,17-20,23H2,1-2H3/b31-22-,34-33?. The van der Waals surface area contributed by atoms with Crippen LogP contribution in [0.5, 0.6) is 0 Å². The lowest BCUT2D eigenvalue weighted by molar-refractivity contribution is -0.122. The fraction of sp³-hybridized carbons (Fsp3) is 0.212. The quantitative estimate of drug-likeness (QED) is 0.251. The number of amides is 1. The normalized spacial score (nSPS) is 17.8. The van der Waals surface area contributed by atoms with Gasteiger partial charge in [0.25, 0.3) is 5.91 Å². The molecule has 0 radical (unpaired) electrons. The second-order valence-electron chi connectivity index (χ2n) is 10.00. The molecule has 3 heterocycles. The van der Waals surface area contributed by atoms with E-state index in [0.717, 1.165) is 60.2 Å². The zero-order valence-electron chi connectivity index (χ0n) is 22.8. The van der Waals surface area contributed by atoms with Gasteiger partial charge in [-0.15, -0.1) is 0 Å². The lowest BCUT2D eigenvalue weighted by Gasteiger charge is -2.29. The van der Waals surface area contributed by atoms with Gasteiger partial charge in [0.2, 0.25) is 0 Å². The first-order valence-electron chi connectivity index (χ1n) is 13.6. The summed E-state index contributed by atoms with van der Waals surface area (Å²) in [6.45, 7) is 8.07. The molecule has 2 aliphatic heterocycles. The first kappa shape index (κ1) is 26.2. The van der Waals surface area contributed by atoms with E-state index in [4.69, 9.17) is 9.73 Å². The van der Waals surface area contributed by atoms with E-state index in [1.54, 1.807) is 4.90 Å². The molecule has 2 saturated heterocycles. The van der Waals surface area contributed by atoms with E-state index in [9.17, 15) is 4.79 Å². The molecule has 202 valence electrons. The molecule has 0 spiro atoms. The number of aryl methyl sites for hydroxylation is 1. The summed E-state index contributed by atoms with van der Waals surface area (Å²) in [5, 5.41) is 0.693. The van der Waals surface area contributed by atoms with Gasteiger partial charge >= 0.3 is 0 Å². The number of amidine groups is 1. The molecule has 0 aliphatic carbocycles. The number of para-hydroxylation sites is 1. The van der Waals surface area contributed by atoms with Gasteiger partial charge in [-0.05, 0) is 85.3 Å². The van der Waals surface area contributed by atoms with Crippen LogP contribution >= 0.6 is 11.8 Å². The van der Waals surface area contributed by atoms with Crippen LogP contribution < -0.4 is 4.90 Å². The number of rotatable bonds is 6. The number of nitrogens with zero attached hydrogens (tertiary/aromatic N) is 4. The summed E-state index contributed by atoms with van der Waals surface area (Å²) in [4.78, 5) is 23.4. The van der Waals surface area contributed by atoms with Crippen molar-refractivity contribution in [1.82, 2.24) is 9.47 Å². The van der Waals surface area contributed by atoms with Gasteiger partial charge < -0.3 is 14.2 Å². The van der Waals surface area contributed by atoms with E-state index >= 15 is 0 Å². The van der Waals surface area contributed by atoms with Crippen molar-refractivity contribution in [2.24, 2.45) is 4.99 Å². The lowest BCUT2D eigenvalue weighted by Crippen LogP contribution is -2.36. The van der Waals surface area contributed by atoms with E-state index in [1.165, 1.54) is 17.4 Å². The third-order valence-corrected chi connectivity index (χ3v) is 8.30. The number of morpholine rings is 1. The first-order valence-corrected chi connectivity index (χ1v) is 14.4. The van der Waals surface area contributed by atoms with E-state index < -0.39 is 0 Å². The zero-order valence-corrected chi connectivity index (χ0v) is 23.6. The molecule has 6 nitrogen and oxygen atoms in total. The molecule has 3 aromatic carbocycles. The fourth-order valence-electron chi connectivity index (χ4n) is 5.22. The maximum atomic E-state index is 13.7. The average molecular weight is 549 g/mol. The van der Waals surface area contributed by atoms with Crippen LogP contribution in [0.4, 0.5) is 11.4 Å². The molecule has 4 aromatic rings. The number of hydrogen-bond donors (Lipinski definition) is 0. The van der Waals surface area contributed by atoms with Gasteiger partial charge in [0, 0.05) is 35.9 Å². The van der Waals surface area contributed by atoms with Gasteiger partial charge in [-0.25, -0.2) is 4.99 Å². The monoisotopic (exact) mass is 548 g/mol. The van der Waals surface area contributed by atoms with Crippen molar-refractivity contribution in [3.63, 3.8) is 0 Å². The Kier molecular flexibility index (Phi) is 7.58. The number of benzene rings is 3. The second kappa shape index (κ2) is 11.6. The van der Waals surface area contributed by atoms with Crippen LogP contribution in [0.25, 0.3) is 11.8 Å². The summed E-state index contributed by atoms with van der Waals surface area (Å²) in [6, 6.07) is 30.7. The van der Waals surface area contributed by atoms with Gasteiger partial charge in [-0.3, -0.25) is 9.69 Å². The number of ether oxygens (including phenoxy) is 1. The summed E-state index contributed by atoms with van der Waals surface area (Å²) in [6.07, 6.45) is 2.01. The van der Waals surface area contributed by atoms with Crippen LogP contribution in [0.15, 0.2) is 101 Å². The van der Waals surface area contributed by atoms with Crippen molar-refractivity contribution in [2.45, 2.75) is 20.4 Å². The van der Waals surface area contributed by atoms with E-state index in [1.807, 2.05) is 66.7 Å². The molecule has 7 heteroatoms. The third-order valence-electron chi connectivity index (χ3n) is 7.29. The Balaban J connectivity index is 1.30. The predicted octanol–water partition coefficient (Wildman–Crippen LogP) is 6.73.